The standard InChI is InChI=1S/C39H26N2O5/c42-35(28-7-3-1-4-8-28)23-15-26-11-18-31(19-12-26)40-37(44)30-17-22-33-34(25-30)39(46)41(38(33)45)32-20-13-27(14-21-32)16-24-36(43)29-9-5-2-6-10-29/h1-25H,(H,40,44)/b23-15+,24-16+. The van der Waals surface area contributed by atoms with Crippen molar-refractivity contribution in [1.82, 2.24) is 0 Å². The molecule has 6 rings (SSSR count). The van der Waals surface area contributed by atoms with E-state index in [1.165, 1.54) is 30.4 Å². The summed E-state index contributed by atoms with van der Waals surface area (Å²) in [5.41, 5.74) is 4.17. The number of nitrogens with zero attached hydrogens (tertiary/aromatic N) is 1. The molecule has 0 fully saturated rings. The fraction of sp³-hybridized carbons (Fsp3) is 0. The van der Waals surface area contributed by atoms with Crippen LogP contribution in [0, 0.1) is 0 Å². The number of allylic oxidation sites excluding steroid dienone is 2. The Hall–Kier alpha value is -6.47. The summed E-state index contributed by atoms with van der Waals surface area (Å²) in [6.07, 6.45) is 6.34. The number of carbonyl (C=O) groups is 5. The number of hydrogen-bond donors (Lipinski definition) is 1. The number of nitrogens with one attached hydrogen (secondary N) is 1. The molecule has 0 aromatic heterocycles. The third-order valence-corrected chi connectivity index (χ3v) is 7.44. The van der Waals surface area contributed by atoms with E-state index < -0.39 is 17.7 Å². The van der Waals surface area contributed by atoms with E-state index in [1.807, 2.05) is 12.1 Å². The quantitative estimate of drug-likeness (QED) is 0.107. The van der Waals surface area contributed by atoms with Gasteiger partial charge in [-0.15, -0.1) is 0 Å². The first kappa shape index (κ1) is 29.6. The molecule has 7 nitrogen and oxygen atoms in total. The first-order valence-electron chi connectivity index (χ1n) is 14.5. The summed E-state index contributed by atoms with van der Waals surface area (Å²) in [5.74, 6) is -1.69. The summed E-state index contributed by atoms with van der Waals surface area (Å²) in [5, 5.41) is 2.80. The molecular weight excluding hydrogens is 576 g/mol. The second-order valence-electron chi connectivity index (χ2n) is 10.5. The van der Waals surface area contributed by atoms with Crippen molar-refractivity contribution < 1.29 is 24.0 Å². The Kier molecular flexibility index (Phi) is 8.38. The van der Waals surface area contributed by atoms with Crippen LogP contribution in [-0.4, -0.2) is 29.3 Å². The summed E-state index contributed by atoms with van der Waals surface area (Å²) in [7, 11) is 0. The van der Waals surface area contributed by atoms with Crippen LogP contribution in [0.1, 0.15) is 62.9 Å². The summed E-state index contributed by atoms with van der Waals surface area (Å²) in [6.45, 7) is 0. The molecule has 46 heavy (non-hydrogen) atoms. The van der Waals surface area contributed by atoms with Crippen molar-refractivity contribution in [2.24, 2.45) is 0 Å². The number of amides is 3. The number of imide groups is 1. The molecule has 222 valence electrons. The van der Waals surface area contributed by atoms with Gasteiger partial charge in [0.05, 0.1) is 16.8 Å². The predicted molar refractivity (Wildman–Crippen MR) is 178 cm³/mol. The number of anilines is 2. The summed E-state index contributed by atoms with van der Waals surface area (Å²) >= 11 is 0. The average molecular weight is 603 g/mol. The minimum Gasteiger partial charge on any atom is -0.322 e. The molecule has 5 aromatic carbocycles. The fourth-order valence-corrected chi connectivity index (χ4v) is 4.97. The lowest BCUT2D eigenvalue weighted by Gasteiger charge is -2.13. The van der Waals surface area contributed by atoms with Gasteiger partial charge in [-0.25, -0.2) is 4.90 Å². The highest BCUT2D eigenvalue weighted by Gasteiger charge is 2.37. The molecule has 5 aromatic rings. The third kappa shape index (κ3) is 6.39. The van der Waals surface area contributed by atoms with Gasteiger partial charge in [0.15, 0.2) is 11.6 Å². The molecule has 0 bridgehead atoms. The van der Waals surface area contributed by atoms with E-state index >= 15 is 0 Å². The molecule has 0 spiro atoms. The highest BCUT2D eigenvalue weighted by atomic mass is 16.2. The van der Waals surface area contributed by atoms with Gasteiger partial charge in [0, 0.05) is 22.4 Å². The normalized spacial score (nSPS) is 12.5. The van der Waals surface area contributed by atoms with Crippen LogP contribution in [0.3, 0.4) is 0 Å². The zero-order valence-corrected chi connectivity index (χ0v) is 24.4. The van der Waals surface area contributed by atoms with Gasteiger partial charge in [0.2, 0.25) is 0 Å². The number of benzene rings is 5. The molecule has 7 heteroatoms. The second-order valence-corrected chi connectivity index (χ2v) is 10.5. The Morgan fingerprint density at radius 1 is 0.522 bits per heavy atom. The molecule has 1 aliphatic rings. The van der Waals surface area contributed by atoms with Crippen molar-refractivity contribution in [3.63, 3.8) is 0 Å². The van der Waals surface area contributed by atoms with Crippen LogP contribution in [0.5, 0.6) is 0 Å². The van der Waals surface area contributed by atoms with Crippen LogP contribution >= 0.6 is 0 Å². The second kappa shape index (κ2) is 13.0. The van der Waals surface area contributed by atoms with Crippen LogP contribution < -0.4 is 10.2 Å². The van der Waals surface area contributed by atoms with Gasteiger partial charge >= 0.3 is 0 Å². The Morgan fingerprint density at radius 2 is 1.02 bits per heavy atom. The van der Waals surface area contributed by atoms with Crippen LogP contribution in [-0.2, 0) is 0 Å². The maximum Gasteiger partial charge on any atom is 0.266 e. The van der Waals surface area contributed by atoms with Crippen LogP contribution in [0.4, 0.5) is 11.4 Å². The van der Waals surface area contributed by atoms with Crippen molar-refractivity contribution in [2.45, 2.75) is 0 Å². The molecule has 1 aliphatic heterocycles. The smallest absolute Gasteiger partial charge is 0.266 e. The lowest BCUT2D eigenvalue weighted by atomic mass is 10.1. The maximum absolute atomic E-state index is 13.3. The van der Waals surface area contributed by atoms with Gasteiger partial charge in [0.25, 0.3) is 17.7 Å². The SMILES string of the molecule is O=C(/C=C/c1ccc(NC(=O)c2ccc3c(c2)C(=O)N(c2ccc(/C=C/C(=O)c4ccccc4)cc2)C3=O)cc1)c1ccccc1. The van der Waals surface area contributed by atoms with E-state index in [4.69, 9.17) is 0 Å². The van der Waals surface area contributed by atoms with Gasteiger partial charge < -0.3 is 5.32 Å². The van der Waals surface area contributed by atoms with E-state index in [2.05, 4.69) is 5.32 Å². The summed E-state index contributed by atoms with van der Waals surface area (Å²) in [6, 6.07) is 36.0. The number of fused-ring (bicyclic) bond motifs is 1. The Morgan fingerprint density at radius 3 is 1.57 bits per heavy atom. The largest absolute Gasteiger partial charge is 0.322 e. The minimum absolute atomic E-state index is 0.109. The molecule has 0 aliphatic carbocycles. The zero-order valence-electron chi connectivity index (χ0n) is 24.4. The zero-order chi connectivity index (χ0) is 32.0. The molecule has 0 saturated carbocycles. The molecule has 0 saturated heterocycles. The van der Waals surface area contributed by atoms with Crippen LogP contribution in [0.2, 0.25) is 0 Å². The Bertz CT molecular complexity index is 2030. The van der Waals surface area contributed by atoms with Crippen LogP contribution in [0.25, 0.3) is 12.2 Å². The van der Waals surface area contributed by atoms with Crippen molar-refractivity contribution in [3.05, 3.63) is 178 Å². The van der Waals surface area contributed by atoms with E-state index in [0.29, 0.717) is 22.5 Å². The molecule has 0 atom stereocenters. The van der Waals surface area contributed by atoms with Crippen molar-refractivity contribution in [3.8, 4) is 0 Å². The first-order valence-corrected chi connectivity index (χ1v) is 14.5. The highest BCUT2D eigenvalue weighted by Crippen LogP contribution is 2.30. The lowest BCUT2D eigenvalue weighted by molar-refractivity contribution is 0.0923. The maximum atomic E-state index is 13.3. The van der Waals surface area contributed by atoms with E-state index in [1.54, 1.807) is 109 Å². The first-order chi connectivity index (χ1) is 22.4. The van der Waals surface area contributed by atoms with E-state index in [0.717, 1.165) is 16.0 Å². The summed E-state index contributed by atoms with van der Waals surface area (Å²) < 4.78 is 0. The summed E-state index contributed by atoms with van der Waals surface area (Å²) in [4.78, 5) is 65.3. The van der Waals surface area contributed by atoms with E-state index in [9.17, 15) is 24.0 Å². The molecule has 1 heterocycles. The molecule has 0 unspecified atom stereocenters. The van der Waals surface area contributed by atoms with Crippen LogP contribution in [0.15, 0.2) is 140 Å². The number of carbonyl (C=O) groups excluding carboxylic acids is 5. The topological polar surface area (TPSA) is 101 Å². The van der Waals surface area contributed by atoms with Crippen molar-refractivity contribution in [2.75, 3.05) is 10.2 Å². The van der Waals surface area contributed by atoms with Gasteiger partial charge in [-0.3, -0.25) is 24.0 Å². The fourth-order valence-electron chi connectivity index (χ4n) is 4.97. The van der Waals surface area contributed by atoms with Gasteiger partial charge in [-0.2, -0.15) is 0 Å². The third-order valence-electron chi connectivity index (χ3n) is 7.44. The van der Waals surface area contributed by atoms with Gasteiger partial charge in [-0.1, -0.05) is 97.1 Å². The Labute approximate surface area is 265 Å². The lowest BCUT2D eigenvalue weighted by Crippen LogP contribution is -2.29. The average Bonchev–Trinajstić information content (AvgIpc) is 3.36. The highest BCUT2D eigenvalue weighted by molar-refractivity contribution is 6.34. The predicted octanol–water partition coefficient (Wildman–Crippen LogP) is 7.53. The van der Waals surface area contributed by atoms with Gasteiger partial charge in [0.1, 0.15) is 0 Å². The molecule has 3 amide bonds. The molecule has 0 radical (unpaired) electrons. The van der Waals surface area contributed by atoms with Gasteiger partial charge in [-0.05, 0) is 65.7 Å². The molecular formula is C39H26N2O5. The monoisotopic (exact) mass is 602 g/mol. The van der Waals surface area contributed by atoms with E-state index in [-0.39, 0.29) is 28.3 Å². The number of hydrogen-bond acceptors (Lipinski definition) is 5. The number of ketones is 2. The van der Waals surface area contributed by atoms with Crippen molar-refractivity contribution in [1.29, 1.82) is 0 Å². The molecule has 1 N–H and O–H groups in total. The Balaban J connectivity index is 1.10. The minimum atomic E-state index is -0.529. The van der Waals surface area contributed by atoms with Crippen molar-refractivity contribution >= 4 is 52.8 Å². The number of rotatable bonds is 9.